The van der Waals surface area contributed by atoms with E-state index >= 15 is 0 Å². The predicted molar refractivity (Wildman–Crippen MR) is 86.9 cm³/mol. The molecule has 1 saturated carbocycles. The highest BCUT2D eigenvalue weighted by molar-refractivity contribution is 7.99. The molecule has 1 atom stereocenters. The summed E-state index contributed by atoms with van der Waals surface area (Å²) in [5.74, 6) is 3.61. The van der Waals surface area contributed by atoms with Crippen LogP contribution in [0.15, 0.2) is 0 Å². The maximum atomic E-state index is 9.66. The van der Waals surface area contributed by atoms with Gasteiger partial charge in [-0.1, -0.05) is 26.7 Å². The molecule has 2 N–H and O–H groups in total. The van der Waals surface area contributed by atoms with E-state index in [1.165, 1.54) is 43.6 Å². The fourth-order valence-electron chi connectivity index (χ4n) is 2.97. The maximum Gasteiger partial charge on any atom is 0.0613 e. The Morgan fingerprint density at radius 1 is 1.26 bits per heavy atom. The van der Waals surface area contributed by atoms with Crippen LogP contribution in [0.25, 0.3) is 0 Å². The summed E-state index contributed by atoms with van der Waals surface area (Å²) in [7, 11) is 0. The minimum Gasteiger partial charge on any atom is -0.394 e. The first kappa shape index (κ1) is 17.3. The van der Waals surface area contributed by atoms with E-state index in [4.69, 9.17) is 0 Å². The number of rotatable bonds is 11. The smallest absolute Gasteiger partial charge is 0.0613 e. The standard InChI is InChI=1S/C16H33NOS/c1-3-11-17-16(4-2,14-18)10-7-12-19-13-15-8-5-6-9-15/h15,17-18H,3-14H2,1-2H3. The molecule has 114 valence electrons. The summed E-state index contributed by atoms with van der Waals surface area (Å²) >= 11 is 2.13. The van der Waals surface area contributed by atoms with Crippen molar-refractivity contribution < 1.29 is 5.11 Å². The zero-order valence-corrected chi connectivity index (χ0v) is 13.7. The van der Waals surface area contributed by atoms with Gasteiger partial charge < -0.3 is 10.4 Å². The Balaban J connectivity index is 2.12. The molecular weight excluding hydrogens is 254 g/mol. The molecule has 0 saturated heterocycles. The second-order valence-corrected chi connectivity index (χ2v) is 7.20. The zero-order chi connectivity index (χ0) is 14.0. The lowest BCUT2D eigenvalue weighted by Gasteiger charge is -2.32. The van der Waals surface area contributed by atoms with E-state index < -0.39 is 0 Å². The second kappa shape index (κ2) is 10.1. The minimum atomic E-state index is -0.0239. The Hall–Kier alpha value is 0.270. The van der Waals surface area contributed by atoms with Crippen molar-refractivity contribution in [2.45, 2.75) is 70.8 Å². The van der Waals surface area contributed by atoms with Crippen molar-refractivity contribution in [2.75, 3.05) is 24.7 Å². The Bertz CT molecular complexity index is 213. The third kappa shape index (κ3) is 6.50. The van der Waals surface area contributed by atoms with Gasteiger partial charge in [-0.05, 0) is 62.5 Å². The van der Waals surface area contributed by atoms with Gasteiger partial charge in [0.05, 0.1) is 6.61 Å². The topological polar surface area (TPSA) is 32.3 Å². The summed E-state index contributed by atoms with van der Waals surface area (Å²) in [5.41, 5.74) is -0.0239. The van der Waals surface area contributed by atoms with Gasteiger partial charge in [-0.15, -0.1) is 0 Å². The van der Waals surface area contributed by atoms with E-state index in [-0.39, 0.29) is 12.1 Å². The molecule has 1 aliphatic carbocycles. The van der Waals surface area contributed by atoms with Gasteiger partial charge in [0.15, 0.2) is 0 Å². The number of nitrogens with one attached hydrogen (secondary N) is 1. The third-order valence-corrected chi connectivity index (χ3v) is 5.79. The first-order valence-corrected chi connectivity index (χ1v) is 9.35. The predicted octanol–water partition coefficient (Wildman–Crippen LogP) is 3.83. The maximum absolute atomic E-state index is 9.66. The van der Waals surface area contributed by atoms with Crippen LogP contribution in [0, 0.1) is 5.92 Å². The fraction of sp³-hybridized carbons (Fsp3) is 1.00. The van der Waals surface area contributed by atoms with Crippen LogP contribution in [0.2, 0.25) is 0 Å². The molecule has 0 aliphatic heterocycles. The molecular formula is C16H33NOS. The van der Waals surface area contributed by atoms with Gasteiger partial charge in [0.25, 0.3) is 0 Å². The number of hydrogen-bond donors (Lipinski definition) is 2. The first-order chi connectivity index (χ1) is 9.26. The highest BCUT2D eigenvalue weighted by Gasteiger charge is 2.25. The molecule has 3 heteroatoms. The zero-order valence-electron chi connectivity index (χ0n) is 12.9. The lowest BCUT2D eigenvalue weighted by atomic mass is 9.91. The molecule has 0 radical (unpaired) electrons. The highest BCUT2D eigenvalue weighted by atomic mass is 32.2. The third-order valence-electron chi connectivity index (χ3n) is 4.50. The average Bonchev–Trinajstić information content (AvgIpc) is 2.95. The number of aliphatic hydroxyl groups excluding tert-OH is 1. The lowest BCUT2D eigenvalue weighted by Crippen LogP contribution is -2.48. The van der Waals surface area contributed by atoms with E-state index in [0.717, 1.165) is 31.7 Å². The molecule has 1 unspecified atom stereocenters. The second-order valence-electron chi connectivity index (χ2n) is 6.05. The van der Waals surface area contributed by atoms with Crippen molar-refractivity contribution in [2.24, 2.45) is 5.92 Å². The molecule has 0 aromatic carbocycles. The molecule has 1 rings (SSSR count). The number of hydrogen-bond acceptors (Lipinski definition) is 3. The van der Waals surface area contributed by atoms with Gasteiger partial charge in [-0.3, -0.25) is 0 Å². The fourth-order valence-corrected chi connectivity index (χ4v) is 4.15. The van der Waals surface area contributed by atoms with Crippen LogP contribution in [0.4, 0.5) is 0 Å². The Morgan fingerprint density at radius 3 is 2.58 bits per heavy atom. The van der Waals surface area contributed by atoms with Gasteiger partial charge >= 0.3 is 0 Å². The molecule has 0 amide bonds. The Labute approximate surface area is 124 Å². The number of aliphatic hydroxyl groups is 1. The van der Waals surface area contributed by atoms with Crippen LogP contribution >= 0.6 is 11.8 Å². The van der Waals surface area contributed by atoms with Crippen molar-refractivity contribution in [3.05, 3.63) is 0 Å². The summed E-state index contributed by atoms with van der Waals surface area (Å²) in [4.78, 5) is 0. The first-order valence-electron chi connectivity index (χ1n) is 8.20. The largest absolute Gasteiger partial charge is 0.394 e. The van der Waals surface area contributed by atoms with Crippen molar-refractivity contribution in [3.63, 3.8) is 0 Å². The van der Waals surface area contributed by atoms with E-state index in [1.807, 2.05) is 0 Å². The van der Waals surface area contributed by atoms with Crippen LogP contribution in [0.5, 0.6) is 0 Å². The van der Waals surface area contributed by atoms with E-state index in [0.29, 0.717) is 0 Å². The van der Waals surface area contributed by atoms with E-state index in [1.54, 1.807) is 0 Å². The summed E-state index contributed by atoms with van der Waals surface area (Å²) < 4.78 is 0. The Morgan fingerprint density at radius 2 is 2.00 bits per heavy atom. The van der Waals surface area contributed by atoms with E-state index in [9.17, 15) is 5.11 Å². The molecule has 0 spiro atoms. The van der Waals surface area contributed by atoms with Crippen molar-refractivity contribution in [3.8, 4) is 0 Å². The van der Waals surface area contributed by atoms with E-state index in [2.05, 4.69) is 30.9 Å². The van der Waals surface area contributed by atoms with Crippen LogP contribution in [-0.4, -0.2) is 35.3 Å². The number of thioether (sulfide) groups is 1. The normalized spacial score (nSPS) is 19.7. The van der Waals surface area contributed by atoms with Crippen LogP contribution in [0.1, 0.15) is 65.2 Å². The molecule has 0 aromatic rings. The molecule has 1 aliphatic rings. The van der Waals surface area contributed by atoms with Crippen LogP contribution in [0.3, 0.4) is 0 Å². The summed E-state index contributed by atoms with van der Waals surface area (Å²) in [5, 5.41) is 13.2. The van der Waals surface area contributed by atoms with Gasteiger partial charge in [0.2, 0.25) is 0 Å². The highest BCUT2D eigenvalue weighted by Crippen LogP contribution is 2.28. The molecule has 19 heavy (non-hydrogen) atoms. The van der Waals surface area contributed by atoms with Gasteiger partial charge in [-0.25, -0.2) is 0 Å². The van der Waals surface area contributed by atoms with Crippen molar-refractivity contribution >= 4 is 11.8 Å². The molecule has 0 heterocycles. The van der Waals surface area contributed by atoms with Crippen molar-refractivity contribution in [1.82, 2.24) is 5.32 Å². The molecule has 0 aromatic heterocycles. The van der Waals surface area contributed by atoms with Crippen LogP contribution < -0.4 is 5.32 Å². The minimum absolute atomic E-state index is 0.0239. The SMILES string of the molecule is CCCNC(CC)(CO)CCCSCC1CCCC1. The summed E-state index contributed by atoms with van der Waals surface area (Å²) in [6.07, 6.45) is 10.3. The monoisotopic (exact) mass is 287 g/mol. The Kier molecular flexibility index (Phi) is 9.17. The summed E-state index contributed by atoms with van der Waals surface area (Å²) in [6, 6.07) is 0. The lowest BCUT2D eigenvalue weighted by molar-refractivity contribution is 0.146. The average molecular weight is 288 g/mol. The summed E-state index contributed by atoms with van der Waals surface area (Å²) in [6.45, 7) is 5.66. The molecule has 1 fully saturated rings. The quantitative estimate of drug-likeness (QED) is 0.566. The van der Waals surface area contributed by atoms with Gasteiger partial charge in [0.1, 0.15) is 0 Å². The van der Waals surface area contributed by atoms with Crippen molar-refractivity contribution in [1.29, 1.82) is 0 Å². The van der Waals surface area contributed by atoms with Gasteiger partial charge in [-0.2, -0.15) is 11.8 Å². The molecule has 0 bridgehead atoms. The van der Waals surface area contributed by atoms with Crippen LogP contribution in [-0.2, 0) is 0 Å². The van der Waals surface area contributed by atoms with Gasteiger partial charge in [0, 0.05) is 5.54 Å². The molecule has 2 nitrogen and oxygen atoms in total.